The van der Waals surface area contributed by atoms with Gasteiger partial charge in [0.1, 0.15) is 0 Å². The van der Waals surface area contributed by atoms with Crippen LogP contribution in [0.4, 0.5) is 0 Å². The van der Waals surface area contributed by atoms with Crippen molar-refractivity contribution in [1.29, 1.82) is 0 Å². The van der Waals surface area contributed by atoms with E-state index in [0.717, 1.165) is 18.6 Å². The first kappa shape index (κ1) is 8.00. The summed E-state index contributed by atoms with van der Waals surface area (Å²) in [6.45, 7) is 0. The highest BCUT2D eigenvalue weighted by molar-refractivity contribution is 7.90. The van der Waals surface area contributed by atoms with E-state index in [1.54, 1.807) is 0 Å². The summed E-state index contributed by atoms with van der Waals surface area (Å²) in [6.07, 6.45) is 3.39. The molecule has 11 heavy (non-hydrogen) atoms. The number of aromatic nitrogens is 1. The van der Waals surface area contributed by atoms with E-state index in [4.69, 9.17) is 0 Å². The molecule has 5 heteroatoms. The molecule has 4 nitrogen and oxygen atoms in total. The lowest BCUT2D eigenvalue weighted by Gasteiger charge is -1.96. The van der Waals surface area contributed by atoms with Crippen LogP contribution in [0.3, 0.4) is 0 Å². The van der Waals surface area contributed by atoms with Gasteiger partial charge in [-0.1, -0.05) is 0 Å². The summed E-state index contributed by atoms with van der Waals surface area (Å²) >= 11 is 0. The van der Waals surface area contributed by atoms with Gasteiger partial charge >= 0.3 is 0 Å². The van der Waals surface area contributed by atoms with E-state index >= 15 is 0 Å². The number of hydrogen-bond acceptors (Lipinski definition) is 3. The van der Waals surface area contributed by atoms with Gasteiger partial charge in [0.25, 0.3) is 0 Å². The summed E-state index contributed by atoms with van der Waals surface area (Å²) in [5.41, 5.74) is 0. The smallest absolute Gasteiger partial charge is 0.181 e. The monoisotopic (exact) mass is 173 g/mol. The Bertz CT molecular complexity index is 341. The van der Waals surface area contributed by atoms with Gasteiger partial charge in [0.05, 0.1) is 4.90 Å². The zero-order chi connectivity index (χ0) is 8.48. The quantitative estimate of drug-likeness (QED) is 0.433. The van der Waals surface area contributed by atoms with Crippen LogP contribution < -0.4 is 4.73 Å². The summed E-state index contributed by atoms with van der Waals surface area (Å²) in [5, 5.41) is 10.5. The van der Waals surface area contributed by atoms with Crippen LogP contribution in [0.2, 0.25) is 0 Å². The molecule has 0 aliphatic carbocycles. The van der Waals surface area contributed by atoms with Crippen LogP contribution in [0.15, 0.2) is 29.4 Å². The third-order valence-corrected chi connectivity index (χ3v) is 2.33. The van der Waals surface area contributed by atoms with E-state index in [0.29, 0.717) is 4.73 Å². The molecular weight excluding hydrogens is 166 g/mol. The SMILES string of the molecule is CS(=O)(=O)c1cc[n+]([O-])cc1. The molecule has 60 valence electrons. The van der Waals surface area contributed by atoms with Crippen molar-refractivity contribution in [3.8, 4) is 0 Å². The molecular formula is C6H7NO3S. The Labute approximate surface area is 64.6 Å². The van der Waals surface area contributed by atoms with Crippen molar-refractivity contribution in [1.82, 2.24) is 0 Å². The highest BCUT2D eigenvalue weighted by Crippen LogP contribution is 2.03. The Morgan fingerprint density at radius 2 is 1.82 bits per heavy atom. The molecule has 0 aromatic carbocycles. The van der Waals surface area contributed by atoms with Gasteiger partial charge in [-0.3, -0.25) is 0 Å². The van der Waals surface area contributed by atoms with Gasteiger partial charge in [0.2, 0.25) is 0 Å². The molecule has 0 saturated heterocycles. The second-order valence-electron chi connectivity index (χ2n) is 2.17. The average Bonchev–Trinajstić information content (AvgIpc) is 1.86. The molecule has 0 amide bonds. The maximum Gasteiger partial charge on any atom is 0.181 e. The first-order chi connectivity index (χ1) is 5.00. The molecule has 0 bridgehead atoms. The summed E-state index contributed by atoms with van der Waals surface area (Å²) in [5.74, 6) is 0. The Hall–Kier alpha value is -1.10. The first-order valence-corrected chi connectivity index (χ1v) is 4.78. The third-order valence-electron chi connectivity index (χ3n) is 1.20. The van der Waals surface area contributed by atoms with Crippen LogP contribution in [-0.2, 0) is 9.84 Å². The van der Waals surface area contributed by atoms with Crippen LogP contribution in [0, 0.1) is 5.21 Å². The Kier molecular flexibility index (Phi) is 1.82. The lowest BCUT2D eigenvalue weighted by molar-refractivity contribution is -0.605. The Morgan fingerprint density at radius 1 is 1.36 bits per heavy atom. The molecule has 1 aromatic rings. The van der Waals surface area contributed by atoms with Crippen molar-refractivity contribution < 1.29 is 13.1 Å². The van der Waals surface area contributed by atoms with E-state index < -0.39 is 9.84 Å². The van der Waals surface area contributed by atoms with Gasteiger partial charge in [-0.2, -0.15) is 4.73 Å². The Morgan fingerprint density at radius 3 is 2.18 bits per heavy atom. The van der Waals surface area contributed by atoms with Crippen LogP contribution in [0.5, 0.6) is 0 Å². The third kappa shape index (κ3) is 1.91. The minimum absolute atomic E-state index is 0.157. The van der Waals surface area contributed by atoms with E-state index in [2.05, 4.69) is 0 Å². The predicted molar refractivity (Wildman–Crippen MR) is 38.5 cm³/mol. The van der Waals surface area contributed by atoms with Gasteiger partial charge in [-0.15, -0.1) is 0 Å². The molecule has 1 rings (SSSR count). The zero-order valence-electron chi connectivity index (χ0n) is 5.89. The lowest BCUT2D eigenvalue weighted by Crippen LogP contribution is -2.24. The van der Waals surface area contributed by atoms with E-state index in [1.165, 1.54) is 12.1 Å². The number of sulfone groups is 1. The van der Waals surface area contributed by atoms with Crippen molar-refractivity contribution in [3.05, 3.63) is 29.7 Å². The number of nitrogens with zero attached hydrogens (tertiary/aromatic N) is 1. The minimum atomic E-state index is -3.17. The molecule has 0 atom stereocenters. The molecule has 0 saturated carbocycles. The number of pyridine rings is 1. The standard InChI is InChI=1S/C6H7NO3S/c1-11(9,10)6-2-4-7(8)5-3-6/h2-5H,1H3. The van der Waals surface area contributed by atoms with E-state index in [1.807, 2.05) is 0 Å². The van der Waals surface area contributed by atoms with Crippen LogP contribution >= 0.6 is 0 Å². The molecule has 0 unspecified atom stereocenters. The molecule has 0 N–H and O–H groups in total. The molecule has 0 radical (unpaired) electrons. The molecule has 0 spiro atoms. The molecule has 0 fully saturated rings. The second kappa shape index (κ2) is 2.50. The van der Waals surface area contributed by atoms with Gasteiger partial charge in [0, 0.05) is 18.4 Å². The highest BCUT2D eigenvalue weighted by atomic mass is 32.2. The molecule has 0 aliphatic heterocycles. The van der Waals surface area contributed by atoms with Crippen molar-refractivity contribution in [3.63, 3.8) is 0 Å². The normalized spacial score (nSPS) is 11.4. The first-order valence-electron chi connectivity index (χ1n) is 2.89. The van der Waals surface area contributed by atoms with E-state index in [-0.39, 0.29) is 4.90 Å². The zero-order valence-corrected chi connectivity index (χ0v) is 6.71. The fourth-order valence-electron chi connectivity index (χ4n) is 0.646. The van der Waals surface area contributed by atoms with Crippen molar-refractivity contribution in [2.75, 3.05) is 6.26 Å². The van der Waals surface area contributed by atoms with Crippen LogP contribution in [0.1, 0.15) is 0 Å². The van der Waals surface area contributed by atoms with E-state index in [9.17, 15) is 13.6 Å². The van der Waals surface area contributed by atoms with Crippen LogP contribution in [0.25, 0.3) is 0 Å². The lowest BCUT2D eigenvalue weighted by atomic mass is 10.5. The maximum atomic E-state index is 10.8. The predicted octanol–water partition coefficient (Wildman–Crippen LogP) is -0.276. The van der Waals surface area contributed by atoms with Crippen LogP contribution in [-0.4, -0.2) is 14.7 Å². The Balaban J connectivity index is 3.20. The summed E-state index contributed by atoms with van der Waals surface area (Å²) in [7, 11) is -3.17. The summed E-state index contributed by atoms with van der Waals surface area (Å²) in [4.78, 5) is 0.157. The van der Waals surface area contributed by atoms with Gasteiger partial charge in [-0.05, 0) is 0 Å². The largest absolute Gasteiger partial charge is 0.619 e. The fourth-order valence-corrected chi connectivity index (χ4v) is 1.26. The van der Waals surface area contributed by atoms with Gasteiger partial charge in [0.15, 0.2) is 22.2 Å². The second-order valence-corrected chi connectivity index (χ2v) is 4.18. The fraction of sp³-hybridized carbons (Fsp3) is 0.167. The van der Waals surface area contributed by atoms with Crippen molar-refractivity contribution in [2.45, 2.75) is 4.90 Å². The van der Waals surface area contributed by atoms with Crippen molar-refractivity contribution in [2.24, 2.45) is 0 Å². The van der Waals surface area contributed by atoms with Crippen molar-refractivity contribution >= 4 is 9.84 Å². The minimum Gasteiger partial charge on any atom is -0.619 e. The summed E-state index contributed by atoms with van der Waals surface area (Å²) in [6, 6.07) is 2.53. The molecule has 1 heterocycles. The van der Waals surface area contributed by atoms with Gasteiger partial charge < -0.3 is 5.21 Å². The average molecular weight is 173 g/mol. The number of hydrogen-bond donors (Lipinski definition) is 0. The molecule has 1 aromatic heterocycles. The highest BCUT2D eigenvalue weighted by Gasteiger charge is 2.06. The number of rotatable bonds is 1. The van der Waals surface area contributed by atoms with Gasteiger partial charge in [-0.25, -0.2) is 8.42 Å². The topological polar surface area (TPSA) is 61.1 Å². The molecule has 0 aliphatic rings. The maximum absolute atomic E-state index is 10.8. The summed E-state index contributed by atoms with van der Waals surface area (Å²) < 4.78 is 22.2.